The normalized spacial score (nSPS) is 21.4. The van der Waals surface area contributed by atoms with Crippen LogP contribution in [-0.2, 0) is 11.2 Å². The van der Waals surface area contributed by atoms with Crippen LogP contribution in [0.2, 0.25) is 0 Å². The Balaban J connectivity index is 2.03. The highest BCUT2D eigenvalue weighted by Gasteiger charge is 2.34. The maximum absolute atomic E-state index is 12.4. The number of rotatable bonds is 5. The van der Waals surface area contributed by atoms with Gasteiger partial charge in [0, 0.05) is 13.1 Å². The van der Waals surface area contributed by atoms with E-state index in [-0.39, 0.29) is 11.3 Å². The Kier molecular flexibility index (Phi) is 4.73. The van der Waals surface area contributed by atoms with Gasteiger partial charge in [0.2, 0.25) is 5.91 Å². The van der Waals surface area contributed by atoms with Crippen molar-refractivity contribution in [2.24, 2.45) is 11.1 Å². The summed E-state index contributed by atoms with van der Waals surface area (Å²) in [6, 6.07) is 5.59. The lowest BCUT2D eigenvalue weighted by molar-refractivity contribution is -0.129. The summed E-state index contributed by atoms with van der Waals surface area (Å²) in [6.45, 7) is 4.29. The number of carbonyl (C=O) groups excluding carboxylic acids is 1. The third-order valence-corrected chi connectivity index (χ3v) is 4.21. The average Bonchev–Trinajstić information content (AvgIpc) is 2.90. The highest BCUT2D eigenvalue weighted by Crippen LogP contribution is 2.30. The summed E-state index contributed by atoms with van der Waals surface area (Å²) in [4.78, 5) is 14.3. The minimum Gasteiger partial charge on any atom is -0.493 e. The molecule has 0 saturated carbocycles. The molecule has 0 aliphatic carbocycles. The van der Waals surface area contributed by atoms with Crippen LogP contribution in [0.15, 0.2) is 18.2 Å². The molecule has 1 heterocycles. The molecule has 2 N–H and O–H groups in total. The van der Waals surface area contributed by atoms with Gasteiger partial charge in [-0.2, -0.15) is 0 Å². The van der Waals surface area contributed by atoms with Crippen molar-refractivity contribution < 1.29 is 14.3 Å². The van der Waals surface area contributed by atoms with Crippen molar-refractivity contribution >= 4 is 5.91 Å². The van der Waals surface area contributed by atoms with E-state index >= 15 is 0 Å². The Morgan fingerprint density at radius 2 is 2.05 bits per heavy atom. The highest BCUT2D eigenvalue weighted by molar-refractivity contribution is 5.79. The topological polar surface area (TPSA) is 64.8 Å². The summed E-state index contributed by atoms with van der Waals surface area (Å²) in [5.41, 5.74) is 6.78. The van der Waals surface area contributed by atoms with E-state index < -0.39 is 0 Å². The maximum atomic E-state index is 12.4. The third-order valence-electron chi connectivity index (χ3n) is 4.21. The zero-order chi connectivity index (χ0) is 15.5. The molecule has 1 fully saturated rings. The standard InChI is InChI=1S/C16H24N2O3/c1-16(10-17)6-7-18(11-16)15(19)9-12-4-5-13(20-2)14(8-12)21-3/h4-5,8H,6-7,9-11,17H2,1-3H3. The summed E-state index contributed by atoms with van der Waals surface area (Å²) in [7, 11) is 3.19. The second kappa shape index (κ2) is 6.35. The number of benzene rings is 1. The molecule has 5 heteroatoms. The summed E-state index contributed by atoms with van der Waals surface area (Å²) in [5.74, 6) is 1.46. The lowest BCUT2D eigenvalue weighted by atomic mass is 9.90. The van der Waals surface area contributed by atoms with Crippen molar-refractivity contribution in [3.8, 4) is 11.5 Å². The summed E-state index contributed by atoms with van der Waals surface area (Å²) in [5, 5.41) is 0. The van der Waals surface area contributed by atoms with Gasteiger partial charge in [-0.3, -0.25) is 4.79 Å². The van der Waals surface area contributed by atoms with Crippen molar-refractivity contribution in [3.63, 3.8) is 0 Å². The second-order valence-electron chi connectivity index (χ2n) is 5.95. The molecule has 1 amide bonds. The van der Waals surface area contributed by atoms with Gasteiger partial charge < -0.3 is 20.1 Å². The molecule has 1 aliphatic rings. The molecule has 116 valence electrons. The third kappa shape index (κ3) is 3.47. The highest BCUT2D eigenvalue weighted by atomic mass is 16.5. The minimum atomic E-state index is 0.0628. The van der Waals surface area contributed by atoms with Crippen LogP contribution in [0.25, 0.3) is 0 Å². The van der Waals surface area contributed by atoms with Gasteiger partial charge in [0.05, 0.1) is 20.6 Å². The summed E-state index contributed by atoms with van der Waals surface area (Å²) < 4.78 is 10.5. The molecule has 0 bridgehead atoms. The predicted molar refractivity (Wildman–Crippen MR) is 81.6 cm³/mol. The zero-order valence-electron chi connectivity index (χ0n) is 13.0. The van der Waals surface area contributed by atoms with E-state index in [1.807, 2.05) is 23.1 Å². The number of hydrogen-bond donors (Lipinski definition) is 1. The fourth-order valence-corrected chi connectivity index (χ4v) is 2.68. The molecule has 1 aromatic rings. The van der Waals surface area contributed by atoms with Crippen molar-refractivity contribution in [2.45, 2.75) is 19.8 Å². The first kappa shape index (κ1) is 15.6. The summed E-state index contributed by atoms with van der Waals surface area (Å²) in [6.07, 6.45) is 1.35. The zero-order valence-corrected chi connectivity index (χ0v) is 13.0. The van der Waals surface area contributed by atoms with Crippen LogP contribution in [0.1, 0.15) is 18.9 Å². The largest absolute Gasteiger partial charge is 0.493 e. The molecule has 0 radical (unpaired) electrons. The Morgan fingerprint density at radius 1 is 1.33 bits per heavy atom. The second-order valence-corrected chi connectivity index (χ2v) is 5.95. The fraction of sp³-hybridized carbons (Fsp3) is 0.562. The Bertz CT molecular complexity index is 518. The van der Waals surface area contributed by atoms with Gasteiger partial charge in [-0.25, -0.2) is 0 Å². The van der Waals surface area contributed by atoms with Crippen LogP contribution in [0.4, 0.5) is 0 Å². The SMILES string of the molecule is COc1ccc(CC(=O)N2CCC(C)(CN)C2)cc1OC. The molecular weight excluding hydrogens is 268 g/mol. The van der Waals surface area contributed by atoms with Gasteiger partial charge in [-0.1, -0.05) is 13.0 Å². The van der Waals surface area contributed by atoms with Crippen LogP contribution in [-0.4, -0.2) is 44.7 Å². The smallest absolute Gasteiger partial charge is 0.227 e. The number of methoxy groups -OCH3 is 2. The monoisotopic (exact) mass is 292 g/mol. The molecule has 0 spiro atoms. The average molecular weight is 292 g/mol. The molecule has 21 heavy (non-hydrogen) atoms. The Hall–Kier alpha value is -1.75. The van der Waals surface area contributed by atoms with E-state index in [0.29, 0.717) is 24.5 Å². The van der Waals surface area contributed by atoms with Gasteiger partial charge in [0.15, 0.2) is 11.5 Å². The van der Waals surface area contributed by atoms with E-state index in [1.54, 1.807) is 14.2 Å². The quantitative estimate of drug-likeness (QED) is 0.892. The van der Waals surface area contributed by atoms with E-state index in [1.165, 1.54) is 0 Å². The van der Waals surface area contributed by atoms with Gasteiger partial charge in [-0.15, -0.1) is 0 Å². The van der Waals surface area contributed by atoms with Crippen molar-refractivity contribution in [3.05, 3.63) is 23.8 Å². The number of amides is 1. The lowest BCUT2D eigenvalue weighted by Gasteiger charge is -2.22. The molecular formula is C16H24N2O3. The Labute approximate surface area is 126 Å². The fourth-order valence-electron chi connectivity index (χ4n) is 2.68. The molecule has 2 rings (SSSR count). The predicted octanol–water partition coefficient (Wildman–Crippen LogP) is 1.44. The van der Waals surface area contributed by atoms with E-state index in [4.69, 9.17) is 15.2 Å². The number of ether oxygens (including phenoxy) is 2. The van der Waals surface area contributed by atoms with E-state index in [2.05, 4.69) is 6.92 Å². The summed E-state index contributed by atoms with van der Waals surface area (Å²) >= 11 is 0. The molecule has 1 aliphatic heterocycles. The first-order valence-corrected chi connectivity index (χ1v) is 7.20. The van der Waals surface area contributed by atoms with Crippen LogP contribution in [0, 0.1) is 5.41 Å². The minimum absolute atomic E-state index is 0.0628. The molecule has 1 saturated heterocycles. The number of hydrogen-bond acceptors (Lipinski definition) is 4. The first-order chi connectivity index (χ1) is 10.0. The molecule has 0 aromatic heterocycles. The van der Waals surface area contributed by atoms with Gasteiger partial charge in [0.25, 0.3) is 0 Å². The van der Waals surface area contributed by atoms with Crippen molar-refractivity contribution in [1.82, 2.24) is 4.90 Å². The van der Waals surface area contributed by atoms with Gasteiger partial charge >= 0.3 is 0 Å². The number of nitrogens with zero attached hydrogens (tertiary/aromatic N) is 1. The lowest BCUT2D eigenvalue weighted by Crippen LogP contribution is -2.35. The van der Waals surface area contributed by atoms with E-state index in [0.717, 1.165) is 25.1 Å². The number of carbonyl (C=O) groups is 1. The van der Waals surface area contributed by atoms with Gasteiger partial charge in [0.1, 0.15) is 0 Å². The number of likely N-dealkylation sites (tertiary alicyclic amines) is 1. The maximum Gasteiger partial charge on any atom is 0.227 e. The molecule has 1 aromatic carbocycles. The van der Waals surface area contributed by atoms with Crippen LogP contribution >= 0.6 is 0 Å². The first-order valence-electron chi connectivity index (χ1n) is 7.20. The van der Waals surface area contributed by atoms with Crippen LogP contribution < -0.4 is 15.2 Å². The number of nitrogens with two attached hydrogens (primary N) is 1. The van der Waals surface area contributed by atoms with Crippen LogP contribution in [0.5, 0.6) is 11.5 Å². The molecule has 5 nitrogen and oxygen atoms in total. The Morgan fingerprint density at radius 3 is 2.62 bits per heavy atom. The van der Waals surface area contributed by atoms with Crippen molar-refractivity contribution in [1.29, 1.82) is 0 Å². The van der Waals surface area contributed by atoms with E-state index in [9.17, 15) is 4.79 Å². The van der Waals surface area contributed by atoms with Crippen LogP contribution in [0.3, 0.4) is 0 Å². The molecule has 1 atom stereocenters. The molecule has 1 unspecified atom stereocenters. The van der Waals surface area contributed by atoms with Gasteiger partial charge in [-0.05, 0) is 36.1 Å². The van der Waals surface area contributed by atoms with Crippen molar-refractivity contribution in [2.75, 3.05) is 33.9 Å².